The van der Waals surface area contributed by atoms with E-state index < -0.39 is 0 Å². The van der Waals surface area contributed by atoms with Crippen LogP contribution in [0.1, 0.15) is 41.2 Å². The van der Waals surface area contributed by atoms with Gasteiger partial charge in [-0.1, -0.05) is 0 Å². The van der Waals surface area contributed by atoms with Gasteiger partial charge in [0.1, 0.15) is 0 Å². The van der Waals surface area contributed by atoms with Crippen molar-refractivity contribution in [3.63, 3.8) is 0 Å². The minimum atomic E-state index is -0.0978. The van der Waals surface area contributed by atoms with Gasteiger partial charge in [0.15, 0.2) is 6.39 Å². The second-order valence-electron chi connectivity index (χ2n) is 7.09. The van der Waals surface area contributed by atoms with Crippen LogP contribution in [0.15, 0.2) is 23.3 Å². The molecule has 8 heteroatoms. The topological polar surface area (TPSA) is 95.3 Å². The van der Waals surface area contributed by atoms with Crippen LogP contribution in [0.5, 0.6) is 0 Å². The van der Waals surface area contributed by atoms with Gasteiger partial charge in [-0.25, -0.2) is 9.97 Å². The first-order chi connectivity index (χ1) is 12.6. The van der Waals surface area contributed by atoms with E-state index in [1.54, 1.807) is 19.4 Å². The number of aromatic nitrogens is 3. The van der Waals surface area contributed by atoms with Crippen LogP contribution in [-0.4, -0.2) is 62.2 Å². The predicted molar refractivity (Wildman–Crippen MR) is 92.3 cm³/mol. The van der Waals surface area contributed by atoms with Crippen LogP contribution >= 0.6 is 0 Å². The van der Waals surface area contributed by atoms with Crippen LogP contribution < -0.4 is 0 Å². The number of carbonyl (C=O) groups excluding carboxylic acids is 2. The Morgan fingerprint density at radius 1 is 1.42 bits per heavy atom. The summed E-state index contributed by atoms with van der Waals surface area (Å²) < 4.78 is 5.26. The lowest BCUT2D eigenvalue weighted by Gasteiger charge is -2.47. The number of aryl methyl sites for hydroxylation is 1. The van der Waals surface area contributed by atoms with Gasteiger partial charge in [-0.05, 0) is 25.7 Å². The number of nitrogens with one attached hydrogen (secondary N) is 1. The molecule has 8 nitrogen and oxygen atoms in total. The Hall–Kier alpha value is -2.64. The molecule has 2 fully saturated rings. The highest BCUT2D eigenvalue weighted by atomic mass is 16.3. The minimum Gasteiger partial charge on any atom is -0.438 e. The Morgan fingerprint density at radius 2 is 2.31 bits per heavy atom. The fourth-order valence-corrected chi connectivity index (χ4v) is 4.14. The molecule has 2 atom stereocenters. The molecule has 4 rings (SSSR count). The van der Waals surface area contributed by atoms with Gasteiger partial charge >= 0.3 is 0 Å². The molecule has 2 aromatic heterocycles. The highest BCUT2D eigenvalue weighted by Gasteiger charge is 2.40. The molecule has 2 aromatic rings. The largest absolute Gasteiger partial charge is 0.438 e. The van der Waals surface area contributed by atoms with E-state index >= 15 is 0 Å². The van der Waals surface area contributed by atoms with Crippen molar-refractivity contribution in [1.82, 2.24) is 24.8 Å². The van der Waals surface area contributed by atoms with Crippen molar-refractivity contribution in [2.45, 2.75) is 38.6 Å². The first kappa shape index (κ1) is 16.8. The minimum absolute atomic E-state index is 0.0978. The summed E-state index contributed by atoms with van der Waals surface area (Å²) in [5.41, 5.74) is 1.66. The number of imidazole rings is 1. The zero-order chi connectivity index (χ0) is 18.1. The summed E-state index contributed by atoms with van der Waals surface area (Å²) in [5, 5.41) is 0. The van der Waals surface area contributed by atoms with E-state index in [2.05, 4.69) is 15.0 Å². The highest BCUT2D eigenvalue weighted by molar-refractivity contribution is 5.92. The molecule has 0 aliphatic carbocycles. The van der Waals surface area contributed by atoms with Gasteiger partial charge in [0, 0.05) is 50.4 Å². The van der Waals surface area contributed by atoms with Crippen molar-refractivity contribution in [3.05, 3.63) is 36.1 Å². The van der Waals surface area contributed by atoms with E-state index in [1.807, 2.05) is 9.80 Å². The van der Waals surface area contributed by atoms with E-state index in [9.17, 15) is 9.59 Å². The lowest BCUT2D eigenvalue weighted by molar-refractivity contribution is -0.140. The first-order valence-corrected chi connectivity index (χ1v) is 9.09. The number of likely N-dealkylation sites (tertiary alicyclic amines) is 2. The average molecular weight is 357 g/mol. The molecule has 2 amide bonds. The second kappa shape index (κ2) is 6.93. The van der Waals surface area contributed by atoms with Crippen molar-refractivity contribution < 1.29 is 14.0 Å². The number of aromatic amines is 1. The van der Waals surface area contributed by atoms with Crippen LogP contribution in [0.4, 0.5) is 0 Å². The van der Waals surface area contributed by atoms with Gasteiger partial charge in [-0.15, -0.1) is 0 Å². The number of rotatable bonds is 4. The van der Waals surface area contributed by atoms with Crippen LogP contribution in [0.2, 0.25) is 0 Å². The summed E-state index contributed by atoms with van der Waals surface area (Å²) in [6.45, 7) is 3.77. The monoisotopic (exact) mass is 357 g/mol. The molecule has 1 N–H and O–H groups in total. The predicted octanol–water partition coefficient (Wildman–Crippen LogP) is 1.40. The van der Waals surface area contributed by atoms with Gasteiger partial charge in [0.25, 0.3) is 5.91 Å². The van der Waals surface area contributed by atoms with Crippen LogP contribution in [-0.2, 0) is 11.2 Å². The van der Waals surface area contributed by atoms with Crippen LogP contribution in [0.25, 0.3) is 0 Å². The smallest absolute Gasteiger partial charge is 0.291 e. The lowest BCUT2D eigenvalue weighted by Crippen LogP contribution is -2.57. The Morgan fingerprint density at radius 3 is 3.04 bits per heavy atom. The molecule has 0 saturated carbocycles. The van der Waals surface area contributed by atoms with Crippen molar-refractivity contribution in [2.75, 3.05) is 19.6 Å². The summed E-state index contributed by atoms with van der Waals surface area (Å²) in [4.78, 5) is 40.1. The molecular weight excluding hydrogens is 334 g/mol. The molecule has 2 saturated heterocycles. The number of hydrogen-bond donors (Lipinski definition) is 1. The first-order valence-electron chi connectivity index (χ1n) is 9.09. The molecule has 0 bridgehead atoms. The third-order valence-corrected chi connectivity index (χ3v) is 5.55. The van der Waals surface area contributed by atoms with Crippen molar-refractivity contribution in [1.29, 1.82) is 0 Å². The van der Waals surface area contributed by atoms with E-state index in [1.165, 1.54) is 6.39 Å². The molecule has 4 heterocycles. The average Bonchev–Trinajstić information content (AvgIpc) is 3.31. The molecule has 0 aromatic carbocycles. The third-order valence-electron chi connectivity index (χ3n) is 5.55. The normalized spacial score (nSPS) is 23.2. The number of amides is 2. The molecule has 2 aliphatic heterocycles. The van der Waals surface area contributed by atoms with Crippen molar-refractivity contribution in [2.24, 2.45) is 5.92 Å². The van der Waals surface area contributed by atoms with E-state index in [4.69, 9.17) is 4.42 Å². The van der Waals surface area contributed by atoms with Gasteiger partial charge in [-0.2, -0.15) is 0 Å². The Kier molecular flexibility index (Phi) is 4.48. The van der Waals surface area contributed by atoms with E-state index in [0.29, 0.717) is 43.4 Å². The molecule has 138 valence electrons. The number of nitrogens with zero attached hydrogens (tertiary/aromatic N) is 4. The molecule has 0 spiro atoms. The van der Waals surface area contributed by atoms with Gasteiger partial charge < -0.3 is 19.2 Å². The zero-order valence-electron chi connectivity index (χ0n) is 14.9. The van der Waals surface area contributed by atoms with Crippen molar-refractivity contribution >= 4 is 11.8 Å². The number of oxazole rings is 1. The maximum atomic E-state index is 12.7. The maximum Gasteiger partial charge on any atom is 0.291 e. The lowest BCUT2D eigenvalue weighted by atomic mass is 9.83. The Balaban J connectivity index is 1.42. The summed E-state index contributed by atoms with van der Waals surface area (Å²) in [5.74, 6) is 0.762. The fraction of sp³-hybridized carbons (Fsp3) is 0.556. The number of fused-ring (bicyclic) bond motifs is 1. The molecule has 2 aliphatic rings. The quantitative estimate of drug-likeness (QED) is 0.892. The van der Waals surface area contributed by atoms with Crippen LogP contribution in [0.3, 0.4) is 0 Å². The number of hydrogen-bond acceptors (Lipinski definition) is 5. The molecule has 0 unspecified atom stereocenters. The SMILES string of the molecule is Cc1ncoc1C(=O)N1CC[C@@H]2[C@@H](CCC(=O)N2CCc2cnc[nH]2)C1. The van der Waals surface area contributed by atoms with E-state index in [-0.39, 0.29) is 17.9 Å². The van der Waals surface area contributed by atoms with Crippen molar-refractivity contribution in [3.8, 4) is 0 Å². The second-order valence-corrected chi connectivity index (χ2v) is 7.09. The van der Waals surface area contributed by atoms with Crippen LogP contribution in [0, 0.1) is 12.8 Å². The number of H-pyrrole nitrogens is 1. The van der Waals surface area contributed by atoms with Gasteiger partial charge in [0.05, 0.1) is 12.0 Å². The number of piperidine rings is 2. The van der Waals surface area contributed by atoms with Gasteiger partial charge in [0.2, 0.25) is 11.7 Å². The molecular formula is C18H23N5O3. The highest BCUT2D eigenvalue weighted by Crippen LogP contribution is 2.32. The Labute approximate surface area is 151 Å². The molecule has 0 radical (unpaired) electrons. The summed E-state index contributed by atoms with van der Waals surface area (Å²) in [6.07, 6.45) is 7.73. The molecule has 26 heavy (non-hydrogen) atoms. The number of carbonyl (C=O) groups is 2. The summed E-state index contributed by atoms with van der Waals surface area (Å²) in [7, 11) is 0. The maximum absolute atomic E-state index is 12.7. The standard InChI is InChI=1S/C18H23N5O3/c1-12-17(26-11-21-12)18(25)22-6-5-15-13(9-22)2-3-16(24)23(15)7-4-14-8-19-10-20-14/h8,10-11,13,15H,2-7,9H2,1H3,(H,19,20)/t13-,15+/m0/s1. The van der Waals surface area contributed by atoms with E-state index in [0.717, 1.165) is 25.0 Å². The Bertz CT molecular complexity index is 785. The zero-order valence-corrected chi connectivity index (χ0v) is 14.9. The van der Waals surface area contributed by atoms with Gasteiger partial charge in [-0.3, -0.25) is 9.59 Å². The fourth-order valence-electron chi connectivity index (χ4n) is 4.14. The third kappa shape index (κ3) is 3.11. The summed E-state index contributed by atoms with van der Waals surface area (Å²) in [6, 6.07) is 0.207. The summed E-state index contributed by atoms with van der Waals surface area (Å²) >= 11 is 0.